The van der Waals surface area contributed by atoms with Crippen molar-refractivity contribution in [2.45, 2.75) is 6.92 Å². The summed E-state index contributed by atoms with van der Waals surface area (Å²) in [5.41, 5.74) is 1.48. The monoisotopic (exact) mass is 440 g/mol. The number of aromatic carboxylic acids is 1. The Morgan fingerprint density at radius 2 is 1.34 bits per heavy atom. The molecule has 0 spiro atoms. The molecule has 3 N–H and O–H groups in total. The van der Waals surface area contributed by atoms with Gasteiger partial charge >= 0.3 is 11.9 Å². The van der Waals surface area contributed by atoms with Crippen LogP contribution in [0.15, 0.2) is 48.5 Å². The van der Waals surface area contributed by atoms with E-state index in [9.17, 15) is 29.8 Å². The number of benzene rings is 2. The number of H-pyrrole nitrogens is 2. The number of nitro benzene ring substituents is 2. The minimum absolute atomic E-state index is 0.00749. The van der Waals surface area contributed by atoms with Crippen LogP contribution in [0.5, 0.6) is 0 Å². The topological polar surface area (TPSA) is 181 Å². The van der Waals surface area contributed by atoms with Gasteiger partial charge in [0.1, 0.15) is 11.4 Å². The average molecular weight is 440 g/mol. The van der Waals surface area contributed by atoms with Crippen LogP contribution in [0.1, 0.15) is 27.9 Å². The summed E-state index contributed by atoms with van der Waals surface area (Å²) in [6.45, 7) is 2.00. The second-order valence-corrected chi connectivity index (χ2v) is 6.45. The van der Waals surface area contributed by atoms with Gasteiger partial charge in [0.2, 0.25) is 0 Å². The van der Waals surface area contributed by atoms with Gasteiger partial charge in [-0.3, -0.25) is 20.2 Å². The number of nitrogens with zero attached hydrogens (tertiary/aromatic N) is 2. The normalized spacial score (nSPS) is 10.4. The summed E-state index contributed by atoms with van der Waals surface area (Å²) in [6, 6.07) is 11.4. The number of carbonyl (C=O) groups excluding carboxylic acids is 1. The maximum Gasteiger partial charge on any atom is 0.354 e. The highest BCUT2D eigenvalue weighted by Crippen LogP contribution is 2.22. The molecule has 0 unspecified atom stereocenters. The molecule has 2 heterocycles. The first-order chi connectivity index (χ1) is 15.2. The lowest BCUT2D eigenvalue weighted by Gasteiger charge is -1.96. The summed E-state index contributed by atoms with van der Waals surface area (Å²) in [5, 5.41) is 30.9. The minimum atomic E-state index is -1.09. The number of nitrogens with one attached hydrogen (secondary N) is 2. The predicted octanol–water partition coefficient (Wildman–Crippen LogP) is 4.03. The quantitative estimate of drug-likeness (QED) is 0.236. The van der Waals surface area contributed by atoms with Crippen molar-refractivity contribution < 1.29 is 29.3 Å². The molecule has 0 saturated carbocycles. The van der Waals surface area contributed by atoms with Crippen LogP contribution in [0.4, 0.5) is 11.4 Å². The molecule has 0 aliphatic heterocycles. The zero-order valence-corrected chi connectivity index (χ0v) is 16.5. The van der Waals surface area contributed by atoms with Gasteiger partial charge in [-0.25, -0.2) is 9.59 Å². The van der Waals surface area contributed by atoms with Crippen LogP contribution in [0, 0.1) is 20.2 Å². The number of carboxylic acids is 1. The number of hydrogen-bond acceptors (Lipinski definition) is 7. The van der Waals surface area contributed by atoms with E-state index in [2.05, 4.69) is 9.97 Å². The van der Waals surface area contributed by atoms with Gasteiger partial charge in [0.05, 0.1) is 16.5 Å². The first kappa shape index (κ1) is 22.0. The Kier molecular flexibility index (Phi) is 6.14. The lowest BCUT2D eigenvalue weighted by molar-refractivity contribution is -0.384. The van der Waals surface area contributed by atoms with Gasteiger partial charge in [-0.2, -0.15) is 0 Å². The Morgan fingerprint density at radius 1 is 0.875 bits per heavy atom. The standard InChI is InChI=1S/C11H10N2O4.C9H6N2O4/c1-2-17-11(14)10-6-7-5-8(13(15)16)3-4-9(7)12-10;12-9(13)8-4-5-3-6(11(14)15)1-2-7(5)10-8/h3-6,12H,2H2,1H3;1-4,10H,(H,12,13). The summed E-state index contributed by atoms with van der Waals surface area (Å²) in [6.07, 6.45) is 0. The SMILES string of the molecule is CCOC(=O)c1cc2cc([N+](=O)[O-])ccc2[nH]1.O=C(O)c1cc2cc([N+](=O)[O-])ccc2[nH]1. The molecule has 0 saturated heterocycles. The molecule has 0 aliphatic rings. The fourth-order valence-corrected chi connectivity index (χ4v) is 2.90. The molecule has 0 atom stereocenters. The fourth-order valence-electron chi connectivity index (χ4n) is 2.90. The number of rotatable bonds is 5. The van der Waals surface area contributed by atoms with Gasteiger partial charge in [-0.1, -0.05) is 0 Å². The molecule has 12 heteroatoms. The molecular formula is C20H16N4O8. The van der Waals surface area contributed by atoms with Gasteiger partial charge in [-0.05, 0) is 31.2 Å². The van der Waals surface area contributed by atoms with Crippen molar-refractivity contribution in [3.05, 3.63) is 80.1 Å². The number of fused-ring (bicyclic) bond motifs is 2. The second-order valence-electron chi connectivity index (χ2n) is 6.45. The number of hydrogen-bond donors (Lipinski definition) is 3. The number of nitro groups is 2. The van der Waals surface area contributed by atoms with E-state index < -0.39 is 21.8 Å². The van der Waals surface area contributed by atoms with Crippen molar-refractivity contribution in [1.29, 1.82) is 0 Å². The van der Waals surface area contributed by atoms with Crippen molar-refractivity contribution in [2.24, 2.45) is 0 Å². The van der Waals surface area contributed by atoms with Crippen molar-refractivity contribution in [1.82, 2.24) is 9.97 Å². The zero-order valence-electron chi connectivity index (χ0n) is 16.5. The molecule has 4 aromatic rings. The van der Waals surface area contributed by atoms with Gasteiger partial charge < -0.3 is 19.8 Å². The third-order valence-corrected chi connectivity index (χ3v) is 4.36. The van der Waals surface area contributed by atoms with Crippen LogP contribution in [-0.2, 0) is 4.74 Å². The maximum absolute atomic E-state index is 11.4. The van der Waals surface area contributed by atoms with Crippen LogP contribution < -0.4 is 0 Å². The van der Waals surface area contributed by atoms with Crippen LogP contribution in [-0.4, -0.2) is 43.5 Å². The molecule has 2 aromatic carbocycles. The lowest BCUT2D eigenvalue weighted by atomic mass is 10.2. The molecule has 0 radical (unpaired) electrons. The fraction of sp³-hybridized carbons (Fsp3) is 0.100. The summed E-state index contributed by atoms with van der Waals surface area (Å²) >= 11 is 0. The predicted molar refractivity (Wildman–Crippen MR) is 113 cm³/mol. The van der Waals surface area contributed by atoms with Crippen molar-refractivity contribution in [3.8, 4) is 0 Å². The first-order valence-corrected chi connectivity index (χ1v) is 9.14. The molecule has 12 nitrogen and oxygen atoms in total. The Hall–Kier alpha value is -4.74. The van der Waals surface area contributed by atoms with Crippen molar-refractivity contribution >= 4 is 45.1 Å². The molecule has 32 heavy (non-hydrogen) atoms. The number of esters is 1. The summed E-state index contributed by atoms with van der Waals surface area (Å²) in [5.74, 6) is -1.56. The molecular weight excluding hydrogens is 424 g/mol. The second kappa shape index (κ2) is 8.95. The maximum atomic E-state index is 11.4. The number of carboxylic acid groups (broad SMARTS) is 1. The van der Waals surface area contributed by atoms with E-state index in [1.165, 1.54) is 36.4 Å². The van der Waals surface area contributed by atoms with E-state index in [1.807, 2.05) is 0 Å². The van der Waals surface area contributed by atoms with Crippen molar-refractivity contribution in [3.63, 3.8) is 0 Å². The summed E-state index contributed by atoms with van der Waals surface area (Å²) in [7, 11) is 0. The highest BCUT2D eigenvalue weighted by atomic mass is 16.6. The first-order valence-electron chi connectivity index (χ1n) is 9.14. The zero-order chi connectivity index (χ0) is 23.4. The van der Waals surface area contributed by atoms with Crippen LogP contribution in [0.3, 0.4) is 0 Å². The summed E-state index contributed by atoms with van der Waals surface area (Å²) in [4.78, 5) is 47.6. The van der Waals surface area contributed by atoms with Gasteiger partial charge in [0, 0.05) is 46.1 Å². The average Bonchev–Trinajstić information content (AvgIpc) is 3.37. The third kappa shape index (κ3) is 4.70. The van der Waals surface area contributed by atoms with Gasteiger partial charge in [0.25, 0.3) is 11.4 Å². The number of ether oxygens (including phenoxy) is 1. The lowest BCUT2D eigenvalue weighted by Crippen LogP contribution is -2.04. The molecule has 0 aliphatic carbocycles. The molecule has 4 rings (SSSR count). The molecule has 164 valence electrons. The number of aromatic amines is 2. The molecule has 2 aromatic heterocycles. The Balaban J connectivity index is 0.000000182. The van der Waals surface area contributed by atoms with Crippen LogP contribution >= 0.6 is 0 Å². The van der Waals surface area contributed by atoms with Gasteiger partial charge in [0.15, 0.2) is 0 Å². The van der Waals surface area contributed by atoms with Crippen LogP contribution in [0.2, 0.25) is 0 Å². The molecule has 0 amide bonds. The summed E-state index contributed by atoms with van der Waals surface area (Å²) < 4.78 is 4.83. The van der Waals surface area contributed by atoms with E-state index in [0.29, 0.717) is 27.5 Å². The van der Waals surface area contributed by atoms with E-state index in [1.54, 1.807) is 19.1 Å². The highest BCUT2D eigenvalue weighted by Gasteiger charge is 2.13. The Labute approximate surface area is 178 Å². The van der Waals surface area contributed by atoms with E-state index in [-0.39, 0.29) is 23.7 Å². The smallest absolute Gasteiger partial charge is 0.354 e. The largest absolute Gasteiger partial charge is 0.477 e. The molecule has 0 fully saturated rings. The number of aromatic nitrogens is 2. The Bertz CT molecular complexity index is 1340. The third-order valence-electron chi connectivity index (χ3n) is 4.36. The van der Waals surface area contributed by atoms with Crippen molar-refractivity contribution in [2.75, 3.05) is 6.61 Å². The highest BCUT2D eigenvalue weighted by molar-refractivity contribution is 5.95. The minimum Gasteiger partial charge on any atom is -0.477 e. The van der Waals surface area contributed by atoms with E-state index in [4.69, 9.17) is 9.84 Å². The van der Waals surface area contributed by atoms with Gasteiger partial charge in [-0.15, -0.1) is 0 Å². The number of carbonyl (C=O) groups is 2. The van der Waals surface area contributed by atoms with E-state index >= 15 is 0 Å². The van der Waals surface area contributed by atoms with Crippen LogP contribution in [0.25, 0.3) is 21.8 Å². The Morgan fingerprint density at radius 3 is 1.78 bits per heavy atom. The molecule has 0 bridgehead atoms. The number of non-ortho nitro benzene ring substituents is 2. The van der Waals surface area contributed by atoms with E-state index in [0.717, 1.165) is 0 Å².